The molecule has 7 nitrogen and oxygen atoms in total. The predicted molar refractivity (Wildman–Crippen MR) is 116 cm³/mol. The summed E-state index contributed by atoms with van der Waals surface area (Å²) < 4.78 is 11.2. The number of amides is 3. The SMILES string of the molecule is COc1ccc(/C=C2\SC(=O)N(CC(N)=O)C2=O)cc1OCc1c(Cl)cccc1Cl. The Balaban J connectivity index is 1.84. The minimum Gasteiger partial charge on any atom is -0.493 e. The molecule has 0 unspecified atom stereocenters. The molecule has 3 rings (SSSR count). The minimum atomic E-state index is -0.767. The van der Waals surface area contributed by atoms with Crippen molar-refractivity contribution in [3.63, 3.8) is 0 Å². The van der Waals surface area contributed by atoms with Gasteiger partial charge in [-0.25, -0.2) is 0 Å². The van der Waals surface area contributed by atoms with Crippen LogP contribution in [0.15, 0.2) is 41.3 Å². The number of thioether (sulfide) groups is 1. The van der Waals surface area contributed by atoms with E-state index in [-0.39, 0.29) is 11.5 Å². The molecular formula is C20H16Cl2N2O5S. The van der Waals surface area contributed by atoms with Crippen LogP contribution in [0.1, 0.15) is 11.1 Å². The van der Waals surface area contributed by atoms with Crippen molar-refractivity contribution >= 4 is 58.1 Å². The van der Waals surface area contributed by atoms with Gasteiger partial charge in [-0.15, -0.1) is 0 Å². The average molecular weight is 467 g/mol. The van der Waals surface area contributed by atoms with Crippen LogP contribution >= 0.6 is 35.0 Å². The first kappa shape index (κ1) is 22.0. The van der Waals surface area contributed by atoms with Gasteiger partial charge in [-0.2, -0.15) is 0 Å². The van der Waals surface area contributed by atoms with E-state index in [1.807, 2.05) is 0 Å². The molecule has 1 aliphatic heterocycles. The van der Waals surface area contributed by atoms with Crippen molar-refractivity contribution in [1.29, 1.82) is 0 Å². The number of carbonyl (C=O) groups is 3. The molecule has 2 N–H and O–H groups in total. The Morgan fingerprint density at radius 1 is 1.17 bits per heavy atom. The number of primary amides is 1. The summed E-state index contributed by atoms with van der Waals surface area (Å²) in [5.41, 5.74) is 6.31. The highest BCUT2D eigenvalue weighted by atomic mass is 35.5. The van der Waals surface area contributed by atoms with Gasteiger partial charge in [0, 0.05) is 15.6 Å². The third-order valence-electron chi connectivity index (χ3n) is 4.11. The number of carbonyl (C=O) groups excluding carboxylic acids is 3. The first-order chi connectivity index (χ1) is 14.3. The van der Waals surface area contributed by atoms with Gasteiger partial charge in [0.15, 0.2) is 11.5 Å². The van der Waals surface area contributed by atoms with Gasteiger partial charge in [-0.05, 0) is 47.7 Å². The number of imide groups is 1. The molecule has 0 saturated carbocycles. The van der Waals surface area contributed by atoms with E-state index >= 15 is 0 Å². The zero-order valence-corrected chi connectivity index (χ0v) is 18.0. The fourth-order valence-electron chi connectivity index (χ4n) is 2.66. The Bertz CT molecular complexity index is 1040. The van der Waals surface area contributed by atoms with Crippen LogP contribution in [0.5, 0.6) is 11.5 Å². The summed E-state index contributed by atoms with van der Waals surface area (Å²) in [4.78, 5) is 36.4. The molecule has 0 bridgehead atoms. The number of methoxy groups -OCH3 is 1. The molecular weight excluding hydrogens is 451 g/mol. The summed E-state index contributed by atoms with van der Waals surface area (Å²) in [5.74, 6) is -0.474. The normalized spacial score (nSPS) is 15.0. The van der Waals surface area contributed by atoms with Crippen LogP contribution in [-0.2, 0) is 16.2 Å². The summed E-state index contributed by atoms with van der Waals surface area (Å²) in [6.45, 7) is -0.356. The van der Waals surface area contributed by atoms with Crippen LogP contribution in [0, 0.1) is 0 Å². The zero-order valence-electron chi connectivity index (χ0n) is 15.7. The predicted octanol–water partition coefficient (Wildman–Crippen LogP) is 4.10. The highest BCUT2D eigenvalue weighted by Gasteiger charge is 2.35. The molecule has 1 aliphatic rings. The Hall–Kier alpha value is -2.68. The second-order valence-corrected chi connectivity index (χ2v) is 7.94. The van der Waals surface area contributed by atoms with Gasteiger partial charge in [0.2, 0.25) is 5.91 Å². The van der Waals surface area contributed by atoms with Crippen LogP contribution in [0.25, 0.3) is 6.08 Å². The van der Waals surface area contributed by atoms with Gasteiger partial charge in [0.25, 0.3) is 11.1 Å². The number of halogens is 2. The lowest BCUT2D eigenvalue weighted by Crippen LogP contribution is -2.36. The van der Waals surface area contributed by atoms with Crippen LogP contribution in [0.4, 0.5) is 4.79 Å². The molecule has 10 heteroatoms. The summed E-state index contributed by atoms with van der Waals surface area (Å²) in [6, 6.07) is 10.2. The third-order valence-corrected chi connectivity index (χ3v) is 5.72. The van der Waals surface area contributed by atoms with E-state index in [4.69, 9.17) is 38.4 Å². The minimum absolute atomic E-state index is 0.105. The number of rotatable bonds is 7. The molecule has 30 heavy (non-hydrogen) atoms. The molecule has 0 aromatic heterocycles. The van der Waals surface area contributed by atoms with E-state index in [2.05, 4.69) is 0 Å². The van der Waals surface area contributed by atoms with Crippen molar-refractivity contribution in [3.05, 3.63) is 62.5 Å². The fourth-order valence-corrected chi connectivity index (χ4v) is 4.00. The highest BCUT2D eigenvalue weighted by Crippen LogP contribution is 2.35. The first-order valence-electron chi connectivity index (χ1n) is 8.57. The zero-order chi connectivity index (χ0) is 21.8. The van der Waals surface area contributed by atoms with Crippen molar-refractivity contribution in [1.82, 2.24) is 4.90 Å². The van der Waals surface area contributed by atoms with Gasteiger partial charge in [-0.1, -0.05) is 35.3 Å². The van der Waals surface area contributed by atoms with Gasteiger partial charge in [0.1, 0.15) is 13.2 Å². The number of nitrogens with two attached hydrogens (primary N) is 1. The topological polar surface area (TPSA) is 98.9 Å². The fraction of sp³-hybridized carbons (Fsp3) is 0.150. The van der Waals surface area contributed by atoms with Gasteiger partial charge in [0.05, 0.1) is 12.0 Å². The van der Waals surface area contributed by atoms with Gasteiger partial charge in [-0.3, -0.25) is 19.3 Å². The molecule has 3 amide bonds. The second-order valence-electron chi connectivity index (χ2n) is 6.13. The Kier molecular flexibility index (Phi) is 6.91. The van der Waals surface area contributed by atoms with E-state index < -0.39 is 23.6 Å². The molecule has 1 fully saturated rings. The number of hydrogen-bond acceptors (Lipinski definition) is 6. The van der Waals surface area contributed by atoms with Crippen molar-refractivity contribution in [3.8, 4) is 11.5 Å². The number of hydrogen-bond donors (Lipinski definition) is 1. The lowest BCUT2D eigenvalue weighted by molar-refractivity contribution is -0.127. The number of ether oxygens (including phenoxy) is 2. The lowest BCUT2D eigenvalue weighted by atomic mass is 10.1. The Morgan fingerprint density at radius 3 is 2.50 bits per heavy atom. The van der Waals surface area contributed by atoms with Crippen molar-refractivity contribution in [2.75, 3.05) is 13.7 Å². The lowest BCUT2D eigenvalue weighted by Gasteiger charge is -2.13. The molecule has 2 aromatic carbocycles. The average Bonchev–Trinajstić information content (AvgIpc) is 2.95. The smallest absolute Gasteiger partial charge is 0.294 e. The van der Waals surface area contributed by atoms with Gasteiger partial charge >= 0.3 is 0 Å². The maximum absolute atomic E-state index is 12.4. The molecule has 1 saturated heterocycles. The summed E-state index contributed by atoms with van der Waals surface area (Å²) in [7, 11) is 1.50. The van der Waals surface area contributed by atoms with E-state index in [9.17, 15) is 14.4 Å². The van der Waals surface area contributed by atoms with Crippen LogP contribution < -0.4 is 15.2 Å². The number of benzene rings is 2. The van der Waals surface area contributed by atoms with Crippen molar-refractivity contribution < 1.29 is 23.9 Å². The quantitative estimate of drug-likeness (QED) is 0.616. The molecule has 0 radical (unpaired) electrons. The van der Waals surface area contributed by atoms with Crippen LogP contribution in [0.2, 0.25) is 10.0 Å². The summed E-state index contributed by atoms with van der Waals surface area (Å²) in [6.07, 6.45) is 1.53. The Labute approximate surface area is 186 Å². The van der Waals surface area contributed by atoms with Gasteiger partial charge < -0.3 is 15.2 Å². The number of nitrogens with zero attached hydrogens (tertiary/aromatic N) is 1. The monoisotopic (exact) mass is 466 g/mol. The van der Waals surface area contributed by atoms with Crippen molar-refractivity contribution in [2.45, 2.75) is 6.61 Å². The van der Waals surface area contributed by atoms with E-state index in [0.29, 0.717) is 32.7 Å². The van der Waals surface area contributed by atoms with Crippen LogP contribution in [0.3, 0.4) is 0 Å². The standard InChI is InChI=1S/C20H16Cl2N2O5S/c1-28-15-6-5-11(8-17-19(26)24(9-18(23)25)20(27)30-17)7-16(15)29-10-12-13(21)3-2-4-14(12)22/h2-8H,9-10H2,1H3,(H2,23,25)/b17-8-. The van der Waals surface area contributed by atoms with Crippen LogP contribution in [-0.4, -0.2) is 35.6 Å². The Morgan fingerprint density at radius 2 is 1.87 bits per heavy atom. The third kappa shape index (κ3) is 4.89. The molecule has 0 atom stereocenters. The highest BCUT2D eigenvalue weighted by molar-refractivity contribution is 8.18. The maximum atomic E-state index is 12.4. The molecule has 0 spiro atoms. The largest absolute Gasteiger partial charge is 0.493 e. The maximum Gasteiger partial charge on any atom is 0.294 e. The van der Waals surface area contributed by atoms with E-state index in [1.165, 1.54) is 13.2 Å². The molecule has 2 aromatic rings. The molecule has 0 aliphatic carbocycles. The van der Waals surface area contributed by atoms with E-state index in [1.54, 1.807) is 36.4 Å². The summed E-state index contributed by atoms with van der Waals surface area (Å²) >= 11 is 13.1. The van der Waals surface area contributed by atoms with Crippen molar-refractivity contribution in [2.24, 2.45) is 5.73 Å². The summed E-state index contributed by atoms with van der Waals surface area (Å²) in [5, 5.41) is 0.393. The second kappa shape index (κ2) is 9.42. The first-order valence-corrected chi connectivity index (χ1v) is 10.1. The molecule has 156 valence electrons. The molecule has 1 heterocycles. The van der Waals surface area contributed by atoms with E-state index in [0.717, 1.165) is 16.7 Å².